The molecule has 0 aliphatic heterocycles. The van der Waals surface area contributed by atoms with Crippen LogP contribution in [-0.2, 0) is 0 Å². The summed E-state index contributed by atoms with van der Waals surface area (Å²) in [5.41, 5.74) is 0.542. The highest BCUT2D eigenvalue weighted by molar-refractivity contribution is 4.55. The summed E-state index contributed by atoms with van der Waals surface area (Å²) in [6.07, 6.45) is 10.3. The molecule has 1 fully saturated rings. The molecule has 74 valence electrons. The molecule has 12 heavy (non-hydrogen) atoms. The molecule has 0 spiro atoms. The molecule has 0 aromatic carbocycles. The summed E-state index contributed by atoms with van der Waals surface area (Å²) in [6.45, 7) is 8.94. The SMILES string of the molecule is C1CCCCC1.CCC(C)(C)C. The normalized spacial score (nSPS) is 18.0. The highest BCUT2D eigenvalue weighted by Crippen LogP contribution is 2.16. The first-order chi connectivity index (χ1) is 5.56. The topological polar surface area (TPSA) is 0 Å². The minimum atomic E-state index is 0.542. The van der Waals surface area contributed by atoms with Crippen molar-refractivity contribution in [3.05, 3.63) is 0 Å². The third-order valence-corrected chi connectivity index (χ3v) is 2.56. The maximum atomic E-state index is 2.24. The molecule has 0 N–H and O–H groups in total. The largest absolute Gasteiger partial charge is 0.0649 e. The summed E-state index contributed by atoms with van der Waals surface area (Å²) in [5, 5.41) is 0. The number of hydrogen-bond acceptors (Lipinski definition) is 0. The van der Waals surface area contributed by atoms with Crippen molar-refractivity contribution < 1.29 is 0 Å². The van der Waals surface area contributed by atoms with Gasteiger partial charge >= 0.3 is 0 Å². The maximum Gasteiger partial charge on any atom is -0.0385 e. The van der Waals surface area contributed by atoms with Crippen molar-refractivity contribution in [2.45, 2.75) is 72.6 Å². The summed E-state index contributed by atoms with van der Waals surface area (Å²) in [6, 6.07) is 0. The molecule has 0 saturated heterocycles. The van der Waals surface area contributed by atoms with Gasteiger partial charge in [0.2, 0.25) is 0 Å². The van der Waals surface area contributed by atoms with E-state index in [0.29, 0.717) is 5.41 Å². The first-order valence-corrected chi connectivity index (χ1v) is 5.56. The van der Waals surface area contributed by atoms with Gasteiger partial charge in [0.25, 0.3) is 0 Å². The molecule has 1 aliphatic rings. The van der Waals surface area contributed by atoms with Crippen LogP contribution >= 0.6 is 0 Å². The lowest BCUT2D eigenvalue weighted by atomic mass is 9.94. The fourth-order valence-electron chi connectivity index (χ4n) is 1.06. The van der Waals surface area contributed by atoms with Crippen LogP contribution in [0.2, 0.25) is 0 Å². The van der Waals surface area contributed by atoms with E-state index in [1.54, 1.807) is 0 Å². The lowest BCUT2D eigenvalue weighted by Crippen LogP contribution is -2.00. The Bertz CT molecular complexity index is 71.2. The van der Waals surface area contributed by atoms with E-state index in [4.69, 9.17) is 0 Å². The van der Waals surface area contributed by atoms with Crippen molar-refractivity contribution in [3.8, 4) is 0 Å². The smallest absolute Gasteiger partial charge is 0.0385 e. The fourth-order valence-corrected chi connectivity index (χ4v) is 1.06. The molecule has 0 nitrogen and oxygen atoms in total. The van der Waals surface area contributed by atoms with Crippen LogP contribution in [0.5, 0.6) is 0 Å². The molecular formula is C12H26. The lowest BCUT2D eigenvalue weighted by Gasteiger charge is -2.12. The molecule has 1 saturated carbocycles. The Hall–Kier alpha value is 0. The first-order valence-electron chi connectivity index (χ1n) is 5.56. The van der Waals surface area contributed by atoms with Gasteiger partial charge in [0.05, 0.1) is 0 Å². The highest BCUT2D eigenvalue weighted by atomic mass is 14.1. The zero-order chi connectivity index (χ0) is 9.45. The predicted molar refractivity (Wildman–Crippen MR) is 57.4 cm³/mol. The quantitative estimate of drug-likeness (QED) is 0.490. The Kier molecular flexibility index (Phi) is 6.51. The molecule has 0 amide bonds. The Balaban J connectivity index is 0.000000202. The average Bonchev–Trinajstić information content (AvgIpc) is 2.07. The molecule has 0 unspecified atom stereocenters. The molecule has 1 rings (SSSR count). The van der Waals surface area contributed by atoms with Gasteiger partial charge in [0, 0.05) is 0 Å². The Labute approximate surface area is 78.8 Å². The van der Waals surface area contributed by atoms with Gasteiger partial charge < -0.3 is 0 Å². The van der Waals surface area contributed by atoms with Gasteiger partial charge in [-0.25, -0.2) is 0 Å². The molecule has 0 atom stereocenters. The molecule has 0 radical (unpaired) electrons. The van der Waals surface area contributed by atoms with Crippen molar-refractivity contribution >= 4 is 0 Å². The third-order valence-electron chi connectivity index (χ3n) is 2.56. The van der Waals surface area contributed by atoms with Crippen LogP contribution < -0.4 is 0 Å². The van der Waals surface area contributed by atoms with Crippen LogP contribution in [0.1, 0.15) is 72.6 Å². The van der Waals surface area contributed by atoms with Crippen LogP contribution in [-0.4, -0.2) is 0 Å². The average molecular weight is 170 g/mol. The van der Waals surface area contributed by atoms with Gasteiger partial charge in [-0.15, -0.1) is 0 Å². The minimum Gasteiger partial charge on any atom is -0.0649 e. The van der Waals surface area contributed by atoms with E-state index < -0.39 is 0 Å². The van der Waals surface area contributed by atoms with Crippen molar-refractivity contribution in [1.82, 2.24) is 0 Å². The summed E-state index contributed by atoms with van der Waals surface area (Å²) in [5.74, 6) is 0. The second-order valence-electron chi connectivity index (χ2n) is 5.04. The van der Waals surface area contributed by atoms with E-state index in [1.807, 2.05) is 0 Å². The summed E-state index contributed by atoms with van der Waals surface area (Å²) in [7, 11) is 0. The Morgan fingerprint density at radius 1 is 0.750 bits per heavy atom. The Morgan fingerprint density at radius 2 is 0.917 bits per heavy atom. The second kappa shape index (κ2) is 6.51. The highest BCUT2D eigenvalue weighted by Gasteiger charge is 2.03. The van der Waals surface area contributed by atoms with Gasteiger partial charge in [0.15, 0.2) is 0 Å². The van der Waals surface area contributed by atoms with E-state index >= 15 is 0 Å². The summed E-state index contributed by atoms with van der Waals surface area (Å²) >= 11 is 0. The summed E-state index contributed by atoms with van der Waals surface area (Å²) in [4.78, 5) is 0. The van der Waals surface area contributed by atoms with E-state index in [1.165, 1.54) is 44.9 Å². The van der Waals surface area contributed by atoms with Crippen LogP contribution in [0.3, 0.4) is 0 Å². The standard InChI is InChI=1S/C6H12.C6H14/c1-2-4-6-5-3-1;1-5-6(2,3)4/h1-6H2;5H2,1-4H3. The third kappa shape index (κ3) is 10.0. The maximum absolute atomic E-state index is 2.24. The van der Waals surface area contributed by atoms with Gasteiger partial charge in [-0.05, 0) is 5.41 Å². The predicted octanol–water partition coefficient (Wildman–Crippen LogP) is 4.78. The number of rotatable bonds is 0. The van der Waals surface area contributed by atoms with Gasteiger partial charge in [0.1, 0.15) is 0 Å². The zero-order valence-corrected chi connectivity index (χ0v) is 9.45. The van der Waals surface area contributed by atoms with Crippen molar-refractivity contribution in [2.75, 3.05) is 0 Å². The van der Waals surface area contributed by atoms with Crippen molar-refractivity contribution in [2.24, 2.45) is 5.41 Å². The molecule has 0 aromatic rings. The molecule has 0 aromatic heterocycles. The van der Waals surface area contributed by atoms with Crippen LogP contribution in [0, 0.1) is 5.41 Å². The molecule has 1 aliphatic carbocycles. The van der Waals surface area contributed by atoms with Crippen molar-refractivity contribution in [3.63, 3.8) is 0 Å². The van der Waals surface area contributed by atoms with Gasteiger partial charge in [-0.1, -0.05) is 72.6 Å². The minimum absolute atomic E-state index is 0.542. The van der Waals surface area contributed by atoms with Crippen LogP contribution in [0.4, 0.5) is 0 Å². The number of hydrogen-bond donors (Lipinski definition) is 0. The fraction of sp³-hybridized carbons (Fsp3) is 1.00. The Morgan fingerprint density at radius 3 is 1.00 bits per heavy atom. The van der Waals surface area contributed by atoms with Gasteiger partial charge in [-0.3, -0.25) is 0 Å². The second-order valence-corrected chi connectivity index (χ2v) is 5.04. The van der Waals surface area contributed by atoms with E-state index in [2.05, 4.69) is 27.7 Å². The monoisotopic (exact) mass is 170 g/mol. The first kappa shape index (κ1) is 12.0. The van der Waals surface area contributed by atoms with E-state index in [9.17, 15) is 0 Å². The molecule has 0 bridgehead atoms. The van der Waals surface area contributed by atoms with Crippen molar-refractivity contribution in [1.29, 1.82) is 0 Å². The van der Waals surface area contributed by atoms with Crippen LogP contribution in [0.25, 0.3) is 0 Å². The van der Waals surface area contributed by atoms with E-state index in [0.717, 1.165) is 0 Å². The molecular weight excluding hydrogens is 144 g/mol. The summed E-state index contributed by atoms with van der Waals surface area (Å²) < 4.78 is 0. The van der Waals surface area contributed by atoms with E-state index in [-0.39, 0.29) is 0 Å². The zero-order valence-electron chi connectivity index (χ0n) is 9.45. The molecule has 0 heterocycles. The van der Waals surface area contributed by atoms with Crippen LogP contribution in [0.15, 0.2) is 0 Å². The van der Waals surface area contributed by atoms with Gasteiger partial charge in [-0.2, -0.15) is 0 Å². The molecule has 0 heteroatoms. The lowest BCUT2D eigenvalue weighted by molar-refractivity contribution is 0.398.